The molecule has 2 aromatic rings. The highest BCUT2D eigenvalue weighted by atomic mass is 35.5. The quantitative estimate of drug-likeness (QED) is 0.168. The van der Waals surface area contributed by atoms with Gasteiger partial charge in [-0.3, -0.25) is 9.10 Å². The summed E-state index contributed by atoms with van der Waals surface area (Å²) in [4.78, 5) is 26.7. The summed E-state index contributed by atoms with van der Waals surface area (Å²) in [5.41, 5.74) is 1.86. The lowest BCUT2D eigenvalue weighted by Gasteiger charge is -2.55. The van der Waals surface area contributed by atoms with Crippen molar-refractivity contribution in [2.24, 2.45) is 11.8 Å². The highest BCUT2D eigenvalue weighted by Crippen LogP contribution is 2.50. The number of sulfonamides is 1. The number of rotatable bonds is 10. The number of carboxylic acids is 1. The number of aliphatic carboxylic acids is 1. The Morgan fingerprint density at radius 3 is 2.24 bits per heavy atom. The molecule has 3 N–H and O–H groups in total. The second-order valence-corrected chi connectivity index (χ2v) is 15.5. The van der Waals surface area contributed by atoms with Crippen LogP contribution in [0.5, 0.6) is 0 Å². The summed E-state index contributed by atoms with van der Waals surface area (Å²) >= 11 is 0. The van der Waals surface area contributed by atoms with Gasteiger partial charge in [-0.1, -0.05) is 25.1 Å². The zero-order valence-corrected chi connectivity index (χ0v) is 28.4. The van der Waals surface area contributed by atoms with Gasteiger partial charge in [0.1, 0.15) is 45.0 Å². The van der Waals surface area contributed by atoms with Crippen molar-refractivity contribution in [2.75, 3.05) is 69.8 Å². The van der Waals surface area contributed by atoms with E-state index in [4.69, 9.17) is 0 Å². The number of fused-ring (bicyclic) bond motifs is 4. The number of carbonyl (C=O) groups is 2. The molecule has 14 heteroatoms. The minimum Gasteiger partial charge on any atom is -1.00 e. The van der Waals surface area contributed by atoms with Crippen molar-refractivity contribution in [3.8, 4) is 0 Å². The summed E-state index contributed by atoms with van der Waals surface area (Å²) in [6.45, 7) is 12.3. The van der Waals surface area contributed by atoms with Crippen molar-refractivity contribution in [1.29, 1.82) is 0 Å². The molecule has 0 spiro atoms. The van der Waals surface area contributed by atoms with Crippen molar-refractivity contribution < 1.29 is 67.1 Å². The number of hydrogen-bond donors (Lipinski definition) is 3. The second-order valence-electron chi connectivity index (χ2n) is 13.7. The maximum Gasteiger partial charge on any atom is 0.352 e. The number of carbonyl (C=O) groups excluding carboxylic acids is 1. The van der Waals surface area contributed by atoms with Gasteiger partial charge in [0.15, 0.2) is 0 Å². The van der Waals surface area contributed by atoms with Crippen molar-refractivity contribution in [3.05, 3.63) is 47.2 Å². The molecule has 2 aromatic carbocycles. The molecule has 46 heavy (non-hydrogen) atoms. The third-order valence-electron chi connectivity index (χ3n) is 11.5. The van der Waals surface area contributed by atoms with Crippen LogP contribution in [0, 0.1) is 11.8 Å². The molecule has 2 bridgehead atoms. The summed E-state index contributed by atoms with van der Waals surface area (Å²) in [7, 11) is -3.96. The normalized spacial score (nSPS) is 31.0. The van der Waals surface area contributed by atoms with Crippen LogP contribution in [0.4, 0.5) is 5.69 Å². The number of nitrogens with zero attached hydrogens (tertiary/aromatic N) is 4. The number of carboxylic acid groups (broad SMARTS) is 1. The van der Waals surface area contributed by atoms with E-state index < -0.39 is 45.9 Å². The number of aliphatic hydroxyl groups is 2. The summed E-state index contributed by atoms with van der Waals surface area (Å²) in [5, 5.41) is 31.2. The van der Waals surface area contributed by atoms with Gasteiger partial charge in [-0.15, -0.1) is 0 Å². The maximum atomic E-state index is 14.0. The third kappa shape index (κ3) is 5.03. The predicted molar refractivity (Wildman–Crippen MR) is 163 cm³/mol. The van der Waals surface area contributed by atoms with Crippen LogP contribution in [0.3, 0.4) is 0 Å². The fourth-order valence-corrected chi connectivity index (χ4v) is 10.5. The Labute approximate surface area is 282 Å². The van der Waals surface area contributed by atoms with E-state index in [0.717, 1.165) is 85.1 Å². The molecule has 252 valence electrons. The molecular weight excluding hydrogens is 655 g/mol. The van der Waals surface area contributed by atoms with Crippen molar-refractivity contribution in [3.63, 3.8) is 0 Å². The van der Waals surface area contributed by atoms with Crippen LogP contribution < -0.4 is 29.1 Å². The van der Waals surface area contributed by atoms with E-state index in [0.29, 0.717) is 16.6 Å². The largest absolute Gasteiger partial charge is 1.00 e. The first-order valence-electron chi connectivity index (χ1n) is 15.8. The van der Waals surface area contributed by atoms with E-state index in [-0.39, 0.29) is 48.6 Å². The lowest BCUT2D eigenvalue weighted by Crippen LogP contribution is -3.00. The first-order chi connectivity index (χ1) is 20.9. The Morgan fingerprint density at radius 2 is 1.65 bits per heavy atom. The van der Waals surface area contributed by atoms with Crippen molar-refractivity contribution in [1.82, 2.24) is 4.90 Å². The molecule has 4 atom stereocenters. The number of β-lactam (4-membered cyclic amide) rings is 1. The molecular formula is C32H42Cl2N4O7S. The number of amides is 1. The molecule has 0 aromatic heterocycles. The van der Waals surface area contributed by atoms with Gasteiger partial charge in [0.2, 0.25) is 5.91 Å². The predicted octanol–water partition coefficient (Wildman–Crippen LogP) is -4.86. The van der Waals surface area contributed by atoms with Crippen LogP contribution in [0.25, 0.3) is 10.8 Å². The van der Waals surface area contributed by atoms with E-state index in [1.165, 1.54) is 16.1 Å². The van der Waals surface area contributed by atoms with Crippen molar-refractivity contribution >= 4 is 38.4 Å². The molecule has 6 aliphatic heterocycles. The molecule has 0 radical (unpaired) electrons. The van der Waals surface area contributed by atoms with E-state index in [2.05, 4.69) is 0 Å². The van der Waals surface area contributed by atoms with Gasteiger partial charge in [0.05, 0.1) is 48.3 Å². The van der Waals surface area contributed by atoms with Crippen LogP contribution in [-0.2, 0) is 26.0 Å². The Hall–Kier alpha value is -2.45. The smallest absolute Gasteiger partial charge is 0.352 e. The summed E-state index contributed by atoms with van der Waals surface area (Å²) in [6.07, 6.45) is 0.760. The first kappa shape index (κ1) is 34.9. The van der Waals surface area contributed by atoms with E-state index in [1.54, 1.807) is 12.1 Å². The number of anilines is 1. The highest BCUT2D eigenvalue weighted by molar-refractivity contribution is 7.93. The third-order valence-corrected chi connectivity index (χ3v) is 13.3. The molecule has 8 rings (SSSR count). The van der Waals surface area contributed by atoms with E-state index >= 15 is 0 Å². The van der Waals surface area contributed by atoms with Crippen LogP contribution in [-0.4, -0.2) is 127 Å². The molecule has 0 aliphatic carbocycles. The number of halogens is 2. The lowest BCUT2D eigenvalue weighted by molar-refractivity contribution is -1.08. The fourth-order valence-electron chi connectivity index (χ4n) is 8.86. The van der Waals surface area contributed by atoms with Gasteiger partial charge in [-0.25, -0.2) is 13.2 Å². The molecule has 6 aliphatic rings. The van der Waals surface area contributed by atoms with Gasteiger partial charge in [-0.05, 0) is 35.6 Å². The minimum atomic E-state index is -3.96. The summed E-state index contributed by atoms with van der Waals surface area (Å²) in [5.74, 6) is -2.84. The number of benzene rings is 2. The molecule has 6 heterocycles. The monoisotopic (exact) mass is 696 g/mol. The van der Waals surface area contributed by atoms with E-state index in [1.807, 2.05) is 25.1 Å². The lowest BCUT2D eigenvalue weighted by atomic mass is 9.78. The molecule has 4 fully saturated rings. The van der Waals surface area contributed by atoms with Gasteiger partial charge in [-0.2, -0.15) is 0 Å². The minimum absolute atomic E-state index is 0. The second kappa shape index (κ2) is 12.2. The van der Waals surface area contributed by atoms with E-state index in [9.17, 15) is 33.3 Å². The molecule has 0 unspecified atom stereocenters. The number of aliphatic hydroxyl groups excluding tert-OH is 2. The van der Waals surface area contributed by atoms with Gasteiger partial charge < -0.3 is 54.0 Å². The Balaban J connectivity index is 0.00000208. The fraction of sp³-hybridized carbons (Fsp3) is 0.562. The maximum absolute atomic E-state index is 14.0. The summed E-state index contributed by atoms with van der Waals surface area (Å²) < 4.78 is 31.5. The van der Waals surface area contributed by atoms with Gasteiger partial charge >= 0.3 is 5.97 Å². The van der Waals surface area contributed by atoms with Crippen molar-refractivity contribution in [2.45, 2.75) is 43.7 Å². The van der Waals surface area contributed by atoms with Crippen LogP contribution in [0.15, 0.2) is 46.5 Å². The molecule has 4 saturated heterocycles. The molecule has 0 saturated carbocycles. The Kier molecular flexibility index (Phi) is 9.26. The average Bonchev–Trinajstić information content (AvgIpc) is 3.38. The average molecular weight is 698 g/mol. The van der Waals surface area contributed by atoms with Gasteiger partial charge in [0, 0.05) is 30.8 Å². The zero-order valence-electron chi connectivity index (χ0n) is 26.1. The van der Waals surface area contributed by atoms with Crippen LogP contribution in [0.1, 0.15) is 25.8 Å². The summed E-state index contributed by atoms with van der Waals surface area (Å²) in [6, 6.07) is 8.76. The zero-order chi connectivity index (χ0) is 31.2. The van der Waals surface area contributed by atoms with Crippen LogP contribution in [0.2, 0.25) is 0 Å². The number of piperazine rings is 3. The molecule has 1 amide bonds. The Morgan fingerprint density at radius 1 is 1.02 bits per heavy atom. The number of hydrogen-bond acceptors (Lipinski definition) is 6. The topological polar surface area (TPSA) is 135 Å². The van der Waals surface area contributed by atoms with Gasteiger partial charge in [0.25, 0.3) is 10.0 Å². The standard InChI is InChI=1S/C32H41N4O7S.2ClH/c1-20-24(30(32(40)41)34-29(20)27(21(2)38)31(34)39)19-33-25-6-3-5-23-22(7-8-26(28(23)25)44(33,42)43)9-11-36-15-12-35(13-16-36,14-17-36)10-4-18-37;;/h3,5-8,20-21,27,29,37-38H,4,9-19H2,1-2H3;2*1H/q+1;;/p-1/t20-,21+,27+,29+,35?,36?;;/m0../s1. The molecule has 11 nitrogen and oxygen atoms in total. The highest BCUT2D eigenvalue weighted by Gasteiger charge is 2.60. The number of quaternary nitrogens is 2. The van der Waals surface area contributed by atoms with Crippen LogP contribution >= 0.6 is 0 Å². The SMILES string of the molecule is C[C@@H](O)[C@H]1C(=O)N2C(C(=O)O)=C(CN3c4cccc5c(CC[N+]67CC[N+](CCCO)(CC6)CC7)ccc(c45)S3(=O)=O)[C@H](C)[C@H]12.[Cl-].[Cl-]. The first-order valence-corrected chi connectivity index (χ1v) is 17.2. The Bertz CT molecular complexity index is 1690.